The summed E-state index contributed by atoms with van der Waals surface area (Å²) in [6.45, 7) is 1.00. The summed E-state index contributed by atoms with van der Waals surface area (Å²) in [6.07, 6.45) is 2.18. The van der Waals surface area contributed by atoms with Crippen molar-refractivity contribution in [2.75, 3.05) is 6.54 Å². The number of hydrogen-bond acceptors (Lipinski definition) is 3. The van der Waals surface area contributed by atoms with Gasteiger partial charge in [-0.2, -0.15) is 5.10 Å². The van der Waals surface area contributed by atoms with Crippen molar-refractivity contribution >= 4 is 5.65 Å². The fourth-order valence-corrected chi connectivity index (χ4v) is 2.12. The van der Waals surface area contributed by atoms with Crippen LogP contribution >= 0.6 is 0 Å². The fourth-order valence-electron chi connectivity index (χ4n) is 2.12. The van der Waals surface area contributed by atoms with E-state index < -0.39 is 0 Å². The number of aromatic amines is 1. The molecule has 2 N–H and O–H groups in total. The van der Waals surface area contributed by atoms with Gasteiger partial charge in [0.15, 0.2) is 5.82 Å². The van der Waals surface area contributed by atoms with Gasteiger partial charge >= 0.3 is 0 Å². The maximum Gasteiger partial charge on any atom is 0.257 e. The zero-order valence-electron chi connectivity index (χ0n) is 8.23. The Morgan fingerprint density at radius 1 is 1.47 bits per heavy atom. The number of aromatic nitrogens is 3. The summed E-state index contributed by atoms with van der Waals surface area (Å²) in [6, 6.07) is 5.36. The number of H-pyrrole nitrogens is 1. The Morgan fingerprint density at radius 2 is 2.40 bits per heavy atom. The van der Waals surface area contributed by atoms with Crippen molar-refractivity contribution in [2.24, 2.45) is 0 Å². The van der Waals surface area contributed by atoms with Crippen LogP contribution in [0.2, 0.25) is 0 Å². The lowest BCUT2D eigenvalue weighted by atomic mass is 10.2. The maximum absolute atomic E-state index is 11.7. The van der Waals surface area contributed by atoms with Crippen LogP contribution in [0.4, 0.5) is 0 Å². The van der Waals surface area contributed by atoms with E-state index in [1.165, 1.54) is 0 Å². The lowest BCUT2D eigenvalue weighted by Crippen LogP contribution is -2.21. The molecular formula is C10H12N4O. The predicted octanol–water partition coefficient (Wildman–Crippen LogP) is 0.447. The largest absolute Gasteiger partial charge is 0.307 e. The van der Waals surface area contributed by atoms with Crippen LogP contribution in [0.1, 0.15) is 24.7 Å². The third-order valence-corrected chi connectivity index (χ3v) is 2.84. The van der Waals surface area contributed by atoms with Crippen LogP contribution in [0.25, 0.3) is 5.65 Å². The summed E-state index contributed by atoms with van der Waals surface area (Å²) in [4.78, 5) is 11.7. The van der Waals surface area contributed by atoms with Crippen molar-refractivity contribution in [3.05, 3.63) is 34.4 Å². The minimum Gasteiger partial charge on any atom is -0.307 e. The van der Waals surface area contributed by atoms with Crippen LogP contribution in [0, 0.1) is 0 Å². The lowest BCUT2D eigenvalue weighted by Gasteiger charge is -2.06. The van der Waals surface area contributed by atoms with E-state index in [1.807, 2.05) is 6.07 Å². The number of rotatable bonds is 1. The molecule has 3 heterocycles. The molecule has 78 valence electrons. The highest BCUT2D eigenvalue weighted by molar-refractivity contribution is 5.37. The Hall–Kier alpha value is -1.62. The molecule has 1 unspecified atom stereocenters. The quantitative estimate of drug-likeness (QED) is 0.708. The summed E-state index contributed by atoms with van der Waals surface area (Å²) >= 11 is 0. The molecule has 3 rings (SSSR count). The van der Waals surface area contributed by atoms with Crippen LogP contribution in [0.3, 0.4) is 0 Å². The highest BCUT2D eigenvalue weighted by Gasteiger charge is 2.21. The third-order valence-electron chi connectivity index (χ3n) is 2.84. The third kappa shape index (κ3) is 1.27. The van der Waals surface area contributed by atoms with Crippen molar-refractivity contribution in [3.63, 3.8) is 0 Å². The SMILES string of the molecule is O=c1cccc2[nH]nc(C3CCCN3)n12. The standard InChI is InChI=1S/C10H12N4O/c15-9-5-1-4-8-12-13-10(14(8)9)7-3-2-6-11-7/h1,4-5,7,11-12H,2-3,6H2. The first-order valence-electron chi connectivity index (χ1n) is 5.16. The van der Waals surface area contributed by atoms with Crippen molar-refractivity contribution in [2.45, 2.75) is 18.9 Å². The van der Waals surface area contributed by atoms with E-state index in [-0.39, 0.29) is 11.6 Å². The molecule has 0 spiro atoms. The topological polar surface area (TPSA) is 62.2 Å². The van der Waals surface area contributed by atoms with Gasteiger partial charge in [-0.15, -0.1) is 0 Å². The summed E-state index contributed by atoms with van der Waals surface area (Å²) in [5.74, 6) is 0.799. The van der Waals surface area contributed by atoms with Gasteiger partial charge in [-0.1, -0.05) is 6.07 Å². The normalized spacial score (nSPS) is 21.2. The van der Waals surface area contributed by atoms with Gasteiger partial charge in [0.2, 0.25) is 0 Å². The Bertz CT molecular complexity index is 536. The number of pyridine rings is 1. The van der Waals surface area contributed by atoms with Gasteiger partial charge in [0.1, 0.15) is 5.65 Å². The van der Waals surface area contributed by atoms with E-state index in [1.54, 1.807) is 16.5 Å². The Kier molecular flexibility index (Phi) is 1.85. The molecule has 1 atom stereocenters. The first kappa shape index (κ1) is 8.67. The van der Waals surface area contributed by atoms with Crippen LogP contribution in [-0.2, 0) is 0 Å². The molecule has 0 radical (unpaired) electrons. The molecule has 0 aliphatic carbocycles. The molecule has 2 aromatic heterocycles. The summed E-state index contributed by atoms with van der Waals surface area (Å²) in [7, 11) is 0. The average molecular weight is 204 g/mol. The Balaban J connectivity index is 2.22. The first-order valence-corrected chi connectivity index (χ1v) is 5.16. The highest BCUT2D eigenvalue weighted by atomic mass is 16.1. The van der Waals surface area contributed by atoms with Gasteiger partial charge in [0.25, 0.3) is 5.56 Å². The Morgan fingerprint density at radius 3 is 3.20 bits per heavy atom. The van der Waals surface area contributed by atoms with E-state index in [2.05, 4.69) is 15.5 Å². The minimum atomic E-state index is -0.0232. The van der Waals surface area contributed by atoms with Gasteiger partial charge in [0, 0.05) is 6.07 Å². The molecular weight excluding hydrogens is 192 g/mol. The molecule has 5 heteroatoms. The molecule has 0 aromatic carbocycles. The molecule has 1 fully saturated rings. The molecule has 15 heavy (non-hydrogen) atoms. The predicted molar refractivity (Wildman–Crippen MR) is 55.8 cm³/mol. The molecule has 0 saturated carbocycles. The minimum absolute atomic E-state index is 0.0232. The summed E-state index contributed by atoms with van der Waals surface area (Å²) in [5.41, 5.74) is 0.733. The smallest absolute Gasteiger partial charge is 0.257 e. The van der Waals surface area contributed by atoms with Gasteiger partial charge in [-0.25, -0.2) is 4.40 Å². The molecule has 1 aliphatic rings. The van der Waals surface area contributed by atoms with Crippen LogP contribution in [-0.4, -0.2) is 21.1 Å². The van der Waals surface area contributed by atoms with Crippen molar-refractivity contribution in [1.29, 1.82) is 0 Å². The van der Waals surface area contributed by atoms with Gasteiger partial charge in [-0.05, 0) is 25.5 Å². The lowest BCUT2D eigenvalue weighted by molar-refractivity contribution is 0.595. The van der Waals surface area contributed by atoms with E-state index in [0.29, 0.717) is 0 Å². The molecule has 1 aliphatic heterocycles. The number of nitrogens with one attached hydrogen (secondary N) is 2. The van der Waals surface area contributed by atoms with Crippen LogP contribution < -0.4 is 10.9 Å². The first-order chi connectivity index (χ1) is 7.36. The zero-order valence-corrected chi connectivity index (χ0v) is 8.23. The maximum atomic E-state index is 11.7. The summed E-state index contributed by atoms with van der Waals surface area (Å²) in [5, 5.41) is 10.4. The average Bonchev–Trinajstić information content (AvgIpc) is 2.85. The molecule has 5 nitrogen and oxygen atoms in total. The number of nitrogens with zero attached hydrogens (tertiary/aromatic N) is 2. The number of hydrogen-bond donors (Lipinski definition) is 2. The highest BCUT2D eigenvalue weighted by Crippen LogP contribution is 2.20. The summed E-state index contributed by atoms with van der Waals surface area (Å²) < 4.78 is 1.64. The van der Waals surface area contributed by atoms with E-state index in [0.717, 1.165) is 30.9 Å². The molecule has 1 saturated heterocycles. The van der Waals surface area contributed by atoms with E-state index in [9.17, 15) is 4.79 Å². The van der Waals surface area contributed by atoms with Gasteiger partial charge < -0.3 is 5.32 Å². The van der Waals surface area contributed by atoms with Crippen molar-refractivity contribution in [1.82, 2.24) is 19.9 Å². The number of fused-ring (bicyclic) bond motifs is 1. The Labute approximate surface area is 86.1 Å². The van der Waals surface area contributed by atoms with E-state index in [4.69, 9.17) is 0 Å². The van der Waals surface area contributed by atoms with Crippen molar-refractivity contribution < 1.29 is 0 Å². The second-order valence-corrected chi connectivity index (χ2v) is 3.82. The second-order valence-electron chi connectivity index (χ2n) is 3.82. The van der Waals surface area contributed by atoms with Crippen LogP contribution in [0.5, 0.6) is 0 Å². The van der Waals surface area contributed by atoms with Gasteiger partial charge in [-0.3, -0.25) is 9.89 Å². The van der Waals surface area contributed by atoms with E-state index >= 15 is 0 Å². The molecule has 0 amide bonds. The zero-order chi connectivity index (χ0) is 10.3. The van der Waals surface area contributed by atoms with Crippen molar-refractivity contribution in [3.8, 4) is 0 Å². The van der Waals surface area contributed by atoms with Crippen LogP contribution in [0.15, 0.2) is 23.0 Å². The second kappa shape index (κ2) is 3.20. The molecule has 0 bridgehead atoms. The monoisotopic (exact) mass is 204 g/mol. The molecule has 2 aromatic rings. The van der Waals surface area contributed by atoms with Gasteiger partial charge in [0.05, 0.1) is 6.04 Å². The fraction of sp³-hybridized carbons (Fsp3) is 0.400.